The SMILES string of the molecule is O=C(CCCn1c(=O)c2cccn2c2cccnc21)NCCc1ccccc1Cl. The van der Waals surface area contributed by atoms with Crippen molar-refractivity contribution in [2.75, 3.05) is 6.54 Å². The number of aryl methyl sites for hydroxylation is 1. The second-order valence-electron chi connectivity index (χ2n) is 6.86. The lowest BCUT2D eigenvalue weighted by Gasteiger charge is -2.11. The fourth-order valence-electron chi connectivity index (χ4n) is 3.52. The molecule has 0 spiro atoms. The minimum atomic E-state index is -0.0969. The number of carbonyl (C=O) groups is 1. The summed E-state index contributed by atoms with van der Waals surface area (Å²) in [5, 5.41) is 3.63. The highest BCUT2D eigenvalue weighted by Gasteiger charge is 2.11. The fourth-order valence-corrected chi connectivity index (χ4v) is 3.75. The van der Waals surface area contributed by atoms with Crippen LogP contribution in [-0.2, 0) is 17.8 Å². The second kappa shape index (κ2) is 8.49. The van der Waals surface area contributed by atoms with Gasteiger partial charge in [-0.2, -0.15) is 0 Å². The van der Waals surface area contributed by atoms with Gasteiger partial charge in [-0.05, 0) is 48.7 Å². The third-order valence-electron chi connectivity index (χ3n) is 4.95. The first-order valence-electron chi connectivity index (χ1n) is 9.60. The summed E-state index contributed by atoms with van der Waals surface area (Å²) in [6.07, 6.45) is 5.12. The third kappa shape index (κ3) is 4.03. The van der Waals surface area contributed by atoms with Gasteiger partial charge in [0.05, 0.1) is 5.52 Å². The molecule has 1 aromatic carbocycles. The maximum absolute atomic E-state index is 12.8. The average Bonchev–Trinajstić information content (AvgIpc) is 3.22. The van der Waals surface area contributed by atoms with E-state index in [4.69, 9.17) is 11.6 Å². The summed E-state index contributed by atoms with van der Waals surface area (Å²) in [6, 6.07) is 15.0. The number of nitrogens with zero attached hydrogens (tertiary/aromatic N) is 3. The Labute approximate surface area is 172 Å². The van der Waals surface area contributed by atoms with Crippen molar-refractivity contribution in [1.29, 1.82) is 0 Å². The highest BCUT2D eigenvalue weighted by Crippen LogP contribution is 2.15. The van der Waals surface area contributed by atoms with Crippen LogP contribution in [0.25, 0.3) is 16.7 Å². The number of pyridine rings is 1. The molecule has 0 atom stereocenters. The molecule has 0 bridgehead atoms. The Hall–Kier alpha value is -3.12. The number of fused-ring (bicyclic) bond motifs is 3. The lowest BCUT2D eigenvalue weighted by atomic mass is 10.1. The fraction of sp³-hybridized carbons (Fsp3) is 0.227. The number of rotatable bonds is 7. The van der Waals surface area contributed by atoms with Crippen LogP contribution in [0.4, 0.5) is 0 Å². The van der Waals surface area contributed by atoms with E-state index in [1.165, 1.54) is 0 Å². The predicted octanol–water partition coefficient (Wildman–Crippen LogP) is 3.44. The number of aromatic nitrogens is 3. The molecule has 0 aliphatic carbocycles. The number of benzene rings is 1. The number of amides is 1. The monoisotopic (exact) mass is 408 g/mol. The molecule has 1 amide bonds. The number of carbonyl (C=O) groups excluding carboxylic acids is 1. The number of hydrogen-bond donors (Lipinski definition) is 1. The molecular formula is C22H21ClN4O2. The van der Waals surface area contributed by atoms with Crippen molar-refractivity contribution in [3.8, 4) is 0 Å². The summed E-state index contributed by atoms with van der Waals surface area (Å²) in [6.45, 7) is 0.967. The molecule has 0 aliphatic rings. The Kier molecular flexibility index (Phi) is 5.62. The van der Waals surface area contributed by atoms with Crippen LogP contribution in [-0.4, -0.2) is 26.4 Å². The van der Waals surface area contributed by atoms with E-state index >= 15 is 0 Å². The zero-order valence-electron chi connectivity index (χ0n) is 15.8. The zero-order chi connectivity index (χ0) is 20.2. The van der Waals surface area contributed by atoms with Gasteiger partial charge in [0.1, 0.15) is 5.52 Å². The van der Waals surface area contributed by atoms with E-state index in [-0.39, 0.29) is 11.5 Å². The van der Waals surface area contributed by atoms with E-state index in [0.29, 0.717) is 48.5 Å². The summed E-state index contributed by atoms with van der Waals surface area (Å²) < 4.78 is 3.50. The Bertz CT molecular complexity index is 1230. The molecule has 0 aliphatic heterocycles. The molecule has 148 valence electrons. The summed E-state index contributed by atoms with van der Waals surface area (Å²) >= 11 is 6.13. The molecule has 4 aromatic rings. The van der Waals surface area contributed by atoms with Crippen LogP contribution in [0.1, 0.15) is 18.4 Å². The van der Waals surface area contributed by atoms with Crippen molar-refractivity contribution in [1.82, 2.24) is 19.3 Å². The van der Waals surface area contributed by atoms with Crippen LogP contribution in [0.3, 0.4) is 0 Å². The van der Waals surface area contributed by atoms with Gasteiger partial charge in [-0.25, -0.2) is 4.98 Å². The maximum Gasteiger partial charge on any atom is 0.276 e. The van der Waals surface area contributed by atoms with Crippen molar-refractivity contribution >= 4 is 34.2 Å². The van der Waals surface area contributed by atoms with Crippen LogP contribution < -0.4 is 10.9 Å². The van der Waals surface area contributed by atoms with Crippen molar-refractivity contribution < 1.29 is 4.79 Å². The van der Waals surface area contributed by atoms with E-state index in [9.17, 15) is 9.59 Å². The quantitative estimate of drug-likeness (QED) is 0.509. The minimum absolute atomic E-state index is 0.0360. The summed E-state index contributed by atoms with van der Waals surface area (Å²) in [5.74, 6) is -0.0360. The van der Waals surface area contributed by atoms with Crippen LogP contribution >= 0.6 is 11.6 Å². The third-order valence-corrected chi connectivity index (χ3v) is 5.32. The summed E-state index contributed by atoms with van der Waals surface area (Å²) in [4.78, 5) is 29.4. The predicted molar refractivity (Wildman–Crippen MR) is 114 cm³/mol. The smallest absolute Gasteiger partial charge is 0.276 e. The van der Waals surface area contributed by atoms with Crippen LogP contribution in [0.5, 0.6) is 0 Å². The number of nitrogens with one attached hydrogen (secondary N) is 1. The lowest BCUT2D eigenvalue weighted by molar-refractivity contribution is -0.121. The van der Waals surface area contributed by atoms with Crippen molar-refractivity contribution in [2.45, 2.75) is 25.8 Å². The van der Waals surface area contributed by atoms with Crippen molar-refractivity contribution in [3.63, 3.8) is 0 Å². The highest BCUT2D eigenvalue weighted by atomic mass is 35.5. The Morgan fingerprint density at radius 2 is 1.90 bits per heavy atom. The lowest BCUT2D eigenvalue weighted by Crippen LogP contribution is -2.27. The van der Waals surface area contributed by atoms with Gasteiger partial charge in [-0.1, -0.05) is 29.8 Å². The van der Waals surface area contributed by atoms with Gasteiger partial charge < -0.3 is 9.72 Å². The topological polar surface area (TPSA) is 68.4 Å². The Morgan fingerprint density at radius 1 is 1.07 bits per heavy atom. The molecule has 6 nitrogen and oxygen atoms in total. The minimum Gasteiger partial charge on any atom is -0.356 e. The van der Waals surface area contributed by atoms with E-state index < -0.39 is 0 Å². The molecule has 3 aromatic heterocycles. The molecule has 1 N–H and O–H groups in total. The molecule has 3 heterocycles. The summed E-state index contributed by atoms with van der Waals surface area (Å²) in [7, 11) is 0. The normalized spacial score (nSPS) is 11.2. The van der Waals surface area contributed by atoms with Gasteiger partial charge in [-0.15, -0.1) is 0 Å². The maximum atomic E-state index is 12.8. The van der Waals surface area contributed by atoms with E-state index in [1.807, 2.05) is 53.1 Å². The molecular weight excluding hydrogens is 388 g/mol. The number of hydrogen-bond acceptors (Lipinski definition) is 3. The van der Waals surface area contributed by atoms with Crippen LogP contribution in [0.2, 0.25) is 5.02 Å². The molecule has 0 saturated carbocycles. The van der Waals surface area contributed by atoms with Crippen molar-refractivity contribution in [3.05, 3.63) is 81.9 Å². The first-order valence-corrected chi connectivity index (χ1v) is 9.97. The van der Waals surface area contributed by atoms with Crippen LogP contribution in [0.15, 0.2) is 65.7 Å². The number of halogens is 1. The van der Waals surface area contributed by atoms with E-state index in [1.54, 1.807) is 16.8 Å². The zero-order valence-corrected chi connectivity index (χ0v) is 16.6. The van der Waals surface area contributed by atoms with Gasteiger partial charge in [0, 0.05) is 36.9 Å². The molecule has 7 heteroatoms. The molecule has 0 saturated heterocycles. The standard InChI is InChI=1S/C22H21ClN4O2/c23-17-7-2-1-6-16(17)11-13-24-20(28)10-5-15-27-21-18(8-3-12-25-21)26-14-4-9-19(26)22(27)29/h1-4,6-9,12,14H,5,10-11,13,15H2,(H,24,28). The highest BCUT2D eigenvalue weighted by molar-refractivity contribution is 6.31. The molecule has 0 unspecified atom stereocenters. The van der Waals surface area contributed by atoms with Gasteiger partial charge in [0.2, 0.25) is 5.91 Å². The van der Waals surface area contributed by atoms with Crippen LogP contribution in [0, 0.1) is 0 Å². The van der Waals surface area contributed by atoms with Gasteiger partial charge in [-0.3, -0.25) is 14.2 Å². The molecule has 4 rings (SSSR count). The van der Waals surface area contributed by atoms with E-state index in [2.05, 4.69) is 10.3 Å². The Morgan fingerprint density at radius 3 is 2.76 bits per heavy atom. The molecule has 0 radical (unpaired) electrons. The largest absolute Gasteiger partial charge is 0.356 e. The second-order valence-corrected chi connectivity index (χ2v) is 7.27. The Balaban J connectivity index is 1.38. The van der Waals surface area contributed by atoms with Gasteiger partial charge in [0.15, 0.2) is 5.65 Å². The van der Waals surface area contributed by atoms with Crippen molar-refractivity contribution in [2.24, 2.45) is 0 Å². The van der Waals surface area contributed by atoms with E-state index in [0.717, 1.165) is 11.1 Å². The van der Waals surface area contributed by atoms with Gasteiger partial charge >= 0.3 is 0 Å². The first-order chi connectivity index (χ1) is 14.1. The molecule has 29 heavy (non-hydrogen) atoms. The first kappa shape index (κ1) is 19.2. The summed E-state index contributed by atoms with van der Waals surface area (Å²) in [5.41, 5.74) is 3.02. The average molecular weight is 409 g/mol. The van der Waals surface area contributed by atoms with Gasteiger partial charge in [0.25, 0.3) is 5.56 Å². The molecule has 0 fully saturated rings.